The monoisotopic (exact) mass is 579 g/mol. The highest BCUT2D eigenvalue weighted by atomic mass is 19.4. The van der Waals surface area contributed by atoms with E-state index in [2.05, 4.69) is 5.32 Å². The minimum Gasteiger partial charge on any atom is -0.496 e. The first-order chi connectivity index (χ1) is 19.0. The lowest BCUT2D eigenvalue weighted by atomic mass is 9.72. The fourth-order valence-corrected chi connectivity index (χ4v) is 5.73. The van der Waals surface area contributed by atoms with E-state index in [0.29, 0.717) is 5.56 Å². The van der Waals surface area contributed by atoms with Crippen molar-refractivity contribution in [2.75, 3.05) is 26.1 Å². The van der Waals surface area contributed by atoms with Gasteiger partial charge in [-0.25, -0.2) is 9.59 Å². The Morgan fingerprint density at radius 1 is 1.10 bits per heavy atom. The standard InChI is InChI=1S/C30H40F3N3O5/c1-17(2)41-28(39)36-25(20-11-9-10-12-21(20)35(6)7)24(23(29(3,4)5)26(36)27(37)38)34-16-18-15-19(30(31,32)33)13-14-22(18)40-8/h9-15,17,23-26,34H,16H2,1-8H3,(H,37,38)/t23-,24-,25-,26-/m1/s1. The number of amides is 1. The first kappa shape index (κ1) is 32.0. The molecule has 226 valence electrons. The molecule has 0 spiro atoms. The zero-order valence-electron chi connectivity index (χ0n) is 24.7. The Bertz CT molecular complexity index is 1240. The van der Waals surface area contributed by atoms with Gasteiger partial charge in [0.25, 0.3) is 0 Å². The summed E-state index contributed by atoms with van der Waals surface area (Å²) in [7, 11) is 5.06. The second kappa shape index (κ2) is 12.2. The number of carbonyl (C=O) groups is 2. The lowest BCUT2D eigenvalue weighted by molar-refractivity contribution is -0.145. The number of aliphatic carboxylic acids is 1. The Morgan fingerprint density at radius 3 is 2.24 bits per heavy atom. The van der Waals surface area contributed by atoms with Gasteiger partial charge in [-0.2, -0.15) is 13.2 Å². The maximum absolute atomic E-state index is 13.6. The molecule has 0 bridgehead atoms. The fraction of sp³-hybridized carbons (Fsp3) is 0.533. The fourth-order valence-electron chi connectivity index (χ4n) is 5.73. The van der Waals surface area contributed by atoms with Gasteiger partial charge in [0.15, 0.2) is 0 Å². The molecular formula is C30H40F3N3O5. The smallest absolute Gasteiger partial charge is 0.416 e. The van der Waals surface area contributed by atoms with E-state index in [-0.39, 0.29) is 17.9 Å². The van der Waals surface area contributed by atoms with Crippen molar-refractivity contribution in [1.82, 2.24) is 10.2 Å². The lowest BCUT2D eigenvalue weighted by Gasteiger charge is -2.35. The van der Waals surface area contributed by atoms with Crippen molar-refractivity contribution in [3.05, 3.63) is 59.2 Å². The number of carboxylic acids is 1. The SMILES string of the molecule is COc1ccc(C(F)(F)F)cc1CN[C@@H]1[C@@H](C(C)(C)C)[C@H](C(=O)O)N(C(=O)OC(C)C)[C@@H]1c1ccccc1N(C)C. The van der Waals surface area contributed by atoms with Gasteiger partial charge in [0.2, 0.25) is 0 Å². The van der Waals surface area contributed by atoms with Crippen molar-refractivity contribution in [1.29, 1.82) is 0 Å². The number of alkyl halides is 3. The van der Waals surface area contributed by atoms with Crippen LogP contribution in [0.15, 0.2) is 42.5 Å². The molecule has 0 unspecified atom stereocenters. The Balaban J connectivity index is 2.24. The number of hydrogen-bond donors (Lipinski definition) is 2. The maximum Gasteiger partial charge on any atom is 0.416 e. The molecule has 3 rings (SSSR count). The van der Waals surface area contributed by atoms with Crippen LogP contribution in [0, 0.1) is 11.3 Å². The molecule has 2 aromatic rings. The van der Waals surface area contributed by atoms with Crippen molar-refractivity contribution < 1.29 is 37.3 Å². The molecule has 11 heteroatoms. The van der Waals surface area contributed by atoms with Gasteiger partial charge in [-0.15, -0.1) is 0 Å². The third kappa shape index (κ3) is 6.89. The van der Waals surface area contributed by atoms with Crippen LogP contribution < -0.4 is 15.0 Å². The summed E-state index contributed by atoms with van der Waals surface area (Å²) in [6.07, 6.45) is -5.83. The van der Waals surface area contributed by atoms with E-state index >= 15 is 0 Å². The average Bonchev–Trinajstić information content (AvgIpc) is 3.22. The molecule has 0 radical (unpaired) electrons. The molecule has 1 aliphatic rings. The number of nitrogens with zero attached hydrogens (tertiary/aromatic N) is 2. The Labute approximate surface area is 239 Å². The molecule has 1 saturated heterocycles. The van der Waals surface area contributed by atoms with Crippen LogP contribution in [0.5, 0.6) is 5.75 Å². The van der Waals surface area contributed by atoms with Crippen molar-refractivity contribution in [3.8, 4) is 5.75 Å². The second-order valence-corrected chi connectivity index (χ2v) is 11.8. The lowest BCUT2D eigenvalue weighted by Crippen LogP contribution is -2.48. The number of carboxylic acid groups (broad SMARTS) is 1. The summed E-state index contributed by atoms with van der Waals surface area (Å²) in [6.45, 7) is 8.97. The molecule has 1 fully saturated rings. The quantitative estimate of drug-likeness (QED) is 0.399. The summed E-state index contributed by atoms with van der Waals surface area (Å²) in [5.41, 5.74) is 0.238. The van der Waals surface area contributed by atoms with E-state index in [1.165, 1.54) is 18.1 Å². The zero-order chi connectivity index (χ0) is 30.9. The van der Waals surface area contributed by atoms with Crippen LogP contribution in [0.3, 0.4) is 0 Å². The van der Waals surface area contributed by atoms with Crippen molar-refractivity contribution in [2.24, 2.45) is 11.3 Å². The van der Waals surface area contributed by atoms with E-state index in [1.807, 2.05) is 58.0 Å². The van der Waals surface area contributed by atoms with Gasteiger partial charge in [-0.3, -0.25) is 4.90 Å². The van der Waals surface area contributed by atoms with Crippen LogP contribution in [0.2, 0.25) is 0 Å². The van der Waals surface area contributed by atoms with E-state index in [0.717, 1.165) is 17.8 Å². The number of anilines is 1. The van der Waals surface area contributed by atoms with Gasteiger partial charge in [0.05, 0.1) is 24.8 Å². The zero-order valence-corrected chi connectivity index (χ0v) is 24.7. The Hall–Kier alpha value is -3.47. The molecule has 41 heavy (non-hydrogen) atoms. The largest absolute Gasteiger partial charge is 0.496 e. The van der Waals surface area contributed by atoms with Crippen LogP contribution in [0.25, 0.3) is 0 Å². The average molecular weight is 580 g/mol. The van der Waals surface area contributed by atoms with Gasteiger partial charge in [0.1, 0.15) is 11.8 Å². The summed E-state index contributed by atoms with van der Waals surface area (Å²) in [5.74, 6) is -1.59. The maximum atomic E-state index is 13.6. The van der Waals surface area contributed by atoms with Crippen LogP contribution in [0.1, 0.15) is 57.4 Å². The first-order valence-corrected chi connectivity index (χ1v) is 13.4. The molecule has 0 aliphatic carbocycles. The summed E-state index contributed by atoms with van der Waals surface area (Å²) < 4.78 is 51.6. The summed E-state index contributed by atoms with van der Waals surface area (Å²) in [5, 5.41) is 13.9. The highest BCUT2D eigenvalue weighted by Crippen LogP contribution is 2.50. The number of likely N-dealkylation sites (tertiary alicyclic amines) is 1. The predicted octanol–water partition coefficient (Wildman–Crippen LogP) is 5.96. The summed E-state index contributed by atoms with van der Waals surface area (Å²) >= 11 is 0. The molecule has 2 aromatic carbocycles. The van der Waals surface area contributed by atoms with E-state index in [4.69, 9.17) is 9.47 Å². The highest BCUT2D eigenvalue weighted by molar-refractivity contribution is 5.83. The topological polar surface area (TPSA) is 91.3 Å². The molecule has 4 atom stereocenters. The second-order valence-electron chi connectivity index (χ2n) is 11.8. The number of benzene rings is 2. The van der Waals surface area contributed by atoms with Gasteiger partial charge in [0, 0.05) is 43.9 Å². The number of halogens is 3. The van der Waals surface area contributed by atoms with Crippen LogP contribution in [0.4, 0.5) is 23.7 Å². The van der Waals surface area contributed by atoms with Crippen molar-refractivity contribution in [3.63, 3.8) is 0 Å². The molecule has 0 aromatic heterocycles. The van der Waals surface area contributed by atoms with Crippen molar-refractivity contribution in [2.45, 2.75) is 71.6 Å². The molecule has 0 saturated carbocycles. The number of rotatable bonds is 8. The minimum absolute atomic E-state index is 0.0651. The van der Waals surface area contributed by atoms with Gasteiger partial charge < -0.3 is 24.8 Å². The number of carbonyl (C=O) groups excluding carboxylic acids is 1. The Morgan fingerprint density at radius 2 is 1.73 bits per heavy atom. The number of para-hydroxylation sites is 1. The van der Waals surface area contributed by atoms with Crippen molar-refractivity contribution >= 4 is 17.7 Å². The molecule has 1 aliphatic heterocycles. The number of hydrogen-bond acceptors (Lipinski definition) is 6. The van der Waals surface area contributed by atoms with Crippen LogP contribution in [-0.4, -0.2) is 61.5 Å². The van der Waals surface area contributed by atoms with E-state index in [1.54, 1.807) is 19.9 Å². The molecule has 8 nitrogen and oxygen atoms in total. The van der Waals surface area contributed by atoms with Crippen LogP contribution in [-0.2, 0) is 22.3 Å². The molecular weight excluding hydrogens is 539 g/mol. The van der Waals surface area contributed by atoms with E-state index < -0.39 is 59.4 Å². The third-order valence-electron chi connectivity index (χ3n) is 7.34. The summed E-state index contributed by atoms with van der Waals surface area (Å²) in [6, 6.07) is 7.82. The minimum atomic E-state index is -4.55. The number of nitrogens with one attached hydrogen (secondary N) is 1. The molecule has 1 heterocycles. The first-order valence-electron chi connectivity index (χ1n) is 13.4. The predicted molar refractivity (Wildman–Crippen MR) is 150 cm³/mol. The normalized spacial score (nSPS) is 21.2. The van der Waals surface area contributed by atoms with E-state index in [9.17, 15) is 27.9 Å². The number of methoxy groups -OCH3 is 1. The van der Waals surface area contributed by atoms with Gasteiger partial charge in [-0.05, 0) is 49.1 Å². The Kier molecular flexibility index (Phi) is 9.52. The third-order valence-corrected chi connectivity index (χ3v) is 7.34. The number of ether oxygens (including phenoxy) is 2. The summed E-state index contributed by atoms with van der Waals surface area (Å²) in [4.78, 5) is 29.7. The highest BCUT2D eigenvalue weighted by Gasteiger charge is 2.59. The van der Waals surface area contributed by atoms with Gasteiger partial charge >= 0.3 is 18.2 Å². The molecule has 1 amide bonds. The molecule has 2 N–H and O–H groups in total. The van der Waals surface area contributed by atoms with Gasteiger partial charge in [-0.1, -0.05) is 39.0 Å². The van der Waals surface area contributed by atoms with Crippen LogP contribution >= 0.6 is 0 Å².